The highest BCUT2D eigenvalue weighted by molar-refractivity contribution is 6.45. The van der Waals surface area contributed by atoms with E-state index >= 15 is 0 Å². The molecule has 4 nitrogen and oxygen atoms in total. The number of para-hydroxylation sites is 1. The first kappa shape index (κ1) is 15.8. The van der Waals surface area contributed by atoms with Gasteiger partial charge in [-0.15, -0.1) is 0 Å². The number of hydrogen-bond donors (Lipinski definition) is 1. The van der Waals surface area contributed by atoms with Crippen LogP contribution in [0.2, 0.25) is 10.0 Å². The lowest BCUT2D eigenvalue weighted by molar-refractivity contribution is -0.134. The maximum atomic E-state index is 12.5. The van der Waals surface area contributed by atoms with Crippen LogP contribution in [0.4, 0.5) is 11.4 Å². The van der Waals surface area contributed by atoms with Gasteiger partial charge in [0.25, 0.3) is 0 Å². The zero-order chi connectivity index (χ0) is 16.6. The predicted molar refractivity (Wildman–Crippen MR) is 92.2 cm³/mol. The summed E-state index contributed by atoms with van der Waals surface area (Å²) < 4.78 is 0. The van der Waals surface area contributed by atoms with Gasteiger partial charge in [-0.25, -0.2) is 0 Å². The van der Waals surface area contributed by atoms with E-state index in [9.17, 15) is 9.59 Å². The second-order valence-corrected chi connectivity index (χ2v) is 6.25. The lowest BCUT2D eigenvalue weighted by atomic mass is 10.1. The number of halogens is 2. The Balaban J connectivity index is 1.80. The molecule has 1 aliphatic rings. The zero-order valence-corrected chi connectivity index (χ0v) is 13.9. The second kappa shape index (κ2) is 6.22. The average molecular weight is 349 g/mol. The minimum atomic E-state index is -0.702. The lowest BCUT2D eigenvalue weighted by Gasteiger charge is -2.22. The fraction of sp³-hybridized carbons (Fsp3) is 0.176. The molecule has 1 N–H and O–H groups in total. The molecule has 1 aliphatic heterocycles. The van der Waals surface area contributed by atoms with Crippen LogP contribution in [0.15, 0.2) is 42.5 Å². The van der Waals surface area contributed by atoms with E-state index in [4.69, 9.17) is 23.2 Å². The Bertz CT molecular complexity index is 792. The van der Waals surface area contributed by atoms with Crippen molar-refractivity contribution in [1.29, 1.82) is 0 Å². The molecule has 1 unspecified atom stereocenters. The first-order chi connectivity index (χ1) is 11.0. The summed E-state index contributed by atoms with van der Waals surface area (Å²) >= 11 is 11.8. The third-order valence-electron chi connectivity index (χ3n) is 3.80. The Kier molecular flexibility index (Phi) is 4.28. The minimum absolute atomic E-state index is 0.0561. The van der Waals surface area contributed by atoms with E-state index in [0.717, 1.165) is 17.7 Å². The molecule has 0 spiro atoms. The monoisotopic (exact) mass is 348 g/mol. The summed E-state index contributed by atoms with van der Waals surface area (Å²) in [6, 6.07) is 12.2. The van der Waals surface area contributed by atoms with Gasteiger partial charge < -0.3 is 10.2 Å². The molecule has 0 radical (unpaired) electrons. The summed E-state index contributed by atoms with van der Waals surface area (Å²) in [5.41, 5.74) is 2.28. The van der Waals surface area contributed by atoms with Crippen LogP contribution in [0.3, 0.4) is 0 Å². The molecule has 0 aliphatic carbocycles. The number of nitrogens with zero attached hydrogens (tertiary/aromatic N) is 1. The quantitative estimate of drug-likeness (QED) is 0.794. The SMILES string of the molecule is CC1Cc2ccccc2N1C(=O)C(=O)Nc1ccc(Cl)c(Cl)c1. The molecule has 0 fully saturated rings. The number of rotatable bonds is 1. The number of carbonyl (C=O) groups is 2. The molecule has 2 aromatic carbocycles. The zero-order valence-electron chi connectivity index (χ0n) is 12.3. The number of nitrogens with one attached hydrogen (secondary N) is 1. The molecule has 2 aromatic rings. The Morgan fingerprint density at radius 2 is 1.87 bits per heavy atom. The van der Waals surface area contributed by atoms with E-state index in [0.29, 0.717) is 15.7 Å². The topological polar surface area (TPSA) is 49.4 Å². The van der Waals surface area contributed by atoms with E-state index < -0.39 is 11.8 Å². The third kappa shape index (κ3) is 3.05. The summed E-state index contributed by atoms with van der Waals surface area (Å²) in [5, 5.41) is 3.27. The Morgan fingerprint density at radius 1 is 1.13 bits per heavy atom. The van der Waals surface area contributed by atoms with Gasteiger partial charge in [0.2, 0.25) is 0 Å². The standard InChI is InChI=1S/C17H14Cl2N2O2/c1-10-8-11-4-2-3-5-15(11)21(10)17(23)16(22)20-12-6-7-13(18)14(19)9-12/h2-7,9-10H,8H2,1H3,(H,20,22). The number of hydrogen-bond acceptors (Lipinski definition) is 2. The molecular weight excluding hydrogens is 335 g/mol. The van der Waals surface area contributed by atoms with Crippen molar-refractivity contribution in [3.63, 3.8) is 0 Å². The average Bonchev–Trinajstić information content (AvgIpc) is 2.86. The molecule has 0 aromatic heterocycles. The van der Waals surface area contributed by atoms with Crippen LogP contribution in [0, 0.1) is 0 Å². The number of fused-ring (bicyclic) bond motifs is 1. The van der Waals surface area contributed by atoms with E-state index in [1.165, 1.54) is 11.0 Å². The van der Waals surface area contributed by atoms with Crippen LogP contribution in [0.1, 0.15) is 12.5 Å². The van der Waals surface area contributed by atoms with Crippen molar-refractivity contribution in [2.45, 2.75) is 19.4 Å². The van der Waals surface area contributed by atoms with Gasteiger partial charge in [0.05, 0.1) is 10.0 Å². The van der Waals surface area contributed by atoms with Crippen molar-refractivity contribution < 1.29 is 9.59 Å². The maximum absolute atomic E-state index is 12.5. The Morgan fingerprint density at radius 3 is 2.61 bits per heavy atom. The minimum Gasteiger partial charge on any atom is -0.318 e. The summed E-state index contributed by atoms with van der Waals surface area (Å²) in [6.07, 6.45) is 0.738. The summed E-state index contributed by atoms with van der Waals surface area (Å²) in [4.78, 5) is 26.3. The van der Waals surface area contributed by atoms with E-state index in [2.05, 4.69) is 5.32 Å². The maximum Gasteiger partial charge on any atom is 0.316 e. The highest BCUT2D eigenvalue weighted by atomic mass is 35.5. The first-order valence-corrected chi connectivity index (χ1v) is 7.90. The van der Waals surface area contributed by atoms with Crippen LogP contribution in [0.5, 0.6) is 0 Å². The van der Waals surface area contributed by atoms with Gasteiger partial charge in [0.1, 0.15) is 0 Å². The largest absolute Gasteiger partial charge is 0.318 e. The Labute approximate surface area is 144 Å². The van der Waals surface area contributed by atoms with Crippen LogP contribution in [-0.4, -0.2) is 17.9 Å². The molecule has 6 heteroatoms. The fourth-order valence-electron chi connectivity index (χ4n) is 2.74. The molecule has 0 saturated heterocycles. The summed E-state index contributed by atoms with van der Waals surface area (Å²) in [5.74, 6) is -1.29. The molecule has 1 heterocycles. The van der Waals surface area contributed by atoms with Crippen molar-refractivity contribution in [3.8, 4) is 0 Å². The molecule has 3 rings (SSSR count). The van der Waals surface area contributed by atoms with Crippen LogP contribution in [-0.2, 0) is 16.0 Å². The molecular formula is C17H14Cl2N2O2. The van der Waals surface area contributed by atoms with Crippen LogP contribution >= 0.6 is 23.2 Å². The lowest BCUT2D eigenvalue weighted by Crippen LogP contribution is -2.43. The van der Waals surface area contributed by atoms with Crippen molar-refractivity contribution in [3.05, 3.63) is 58.1 Å². The van der Waals surface area contributed by atoms with Crippen molar-refractivity contribution in [2.24, 2.45) is 0 Å². The molecule has 0 bridgehead atoms. The molecule has 0 saturated carbocycles. The van der Waals surface area contributed by atoms with Gasteiger partial charge in [-0.3, -0.25) is 9.59 Å². The second-order valence-electron chi connectivity index (χ2n) is 5.44. The number of amides is 2. The van der Waals surface area contributed by atoms with Crippen molar-refractivity contribution in [2.75, 3.05) is 10.2 Å². The summed E-state index contributed by atoms with van der Waals surface area (Å²) in [6.45, 7) is 1.92. The van der Waals surface area contributed by atoms with Gasteiger partial charge in [0, 0.05) is 17.4 Å². The van der Waals surface area contributed by atoms with Crippen LogP contribution in [0.25, 0.3) is 0 Å². The van der Waals surface area contributed by atoms with Gasteiger partial charge in [-0.05, 0) is 43.2 Å². The fourth-order valence-corrected chi connectivity index (χ4v) is 3.04. The van der Waals surface area contributed by atoms with E-state index in [-0.39, 0.29) is 6.04 Å². The van der Waals surface area contributed by atoms with Gasteiger partial charge in [-0.2, -0.15) is 0 Å². The predicted octanol–water partition coefficient (Wildman–Crippen LogP) is 3.91. The van der Waals surface area contributed by atoms with Crippen molar-refractivity contribution in [1.82, 2.24) is 0 Å². The van der Waals surface area contributed by atoms with E-state index in [1.807, 2.05) is 31.2 Å². The summed E-state index contributed by atoms with van der Waals surface area (Å²) in [7, 11) is 0. The molecule has 2 amide bonds. The smallest absolute Gasteiger partial charge is 0.316 e. The highest BCUT2D eigenvalue weighted by Crippen LogP contribution is 2.32. The molecule has 118 valence electrons. The molecule has 1 atom stereocenters. The third-order valence-corrected chi connectivity index (χ3v) is 4.54. The number of benzene rings is 2. The molecule has 23 heavy (non-hydrogen) atoms. The number of carbonyl (C=O) groups excluding carboxylic acids is 2. The van der Waals surface area contributed by atoms with Crippen molar-refractivity contribution >= 4 is 46.4 Å². The normalized spacial score (nSPS) is 16.1. The van der Waals surface area contributed by atoms with E-state index in [1.54, 1.807) is 12.1 Å². The Hall–Kier alpha value is -2.04. The first-order valence-electron chi connectivity index (χ1n) is 7.15. The van der Waals surface area contributed by atoms with Gasteiger partial charge in [-0.1, -0.05) is 41.4 Å². The van der Waals surface area contributed by atoms with Crippen LogP contribution < -0.4 is 10.2 Å². The van der Waals surface area contributed by atoms with Gasteiger partial charge >= 0.3 is 11.8 Å². The number of anilines is 2. The highest BCUT2D eigenvalue weighted by Gasteiger charge is 2.34. The van der Waals surface area contributed by atoms with Gasteiger partial charge in [0.15, 0.2) is 0 Å².